The van der Waals surface area contributed by atoms with Crippen LogP contribution in [-0.4, -0.2) is 37.2 Å². The van der Waals surface area contributed by atoms with Gasteiger partial charge in [-0.2, -0.15) is 0 Å². The molecule has 0 saturated carbocycles. The molecule has 0 aromatic heterocycles. The van der Waals surface area contributed by atoms with Gasteiger partial charge in [-0.3, -0.25) is 14.4 Å². The van der Waals surface area contributed by atoms with E-state index in [0.717, 1.165) is 96.3 Å². The van der Waals surface area contributed by atoms with E-state index < -0.39 is 6.10 Å². The first kappa shape index (κ1) is 68.8. The molecule has 0 amide bonds. The molecule has 73 heavy (non-hydrogen) atoms. The molecule has 0 heterocycles. The zero-order chi connectivity index (χ0) is 52.9. The van der Waals surface area contributed by atoms with E-state index in [2.05, 4.69) is 69.4 Å². The van der Waals surface area contributed by atoms with Crippen molar-refractivity contribution in [1.82, 2.24) is 0 Å². The van der Waals surface area contributed by atoms with Crippen molar-refractivity contribution in [2.75, 3.05) is 13.2 Å². The summed E-state index contributed by atoms with van der Waals surface area (Å²) in [6, 6.07) is 0. The minimum Gasteiger partial charge on any atom is -0.462 e. The fourth-order valence-corrected chi connectivity index (χ4v) is 8.19. The molecule has 0 aliphatic carbocycles. The maximum Gasteiger partial charge on any atom is 0.306 e. The summed E-state index contributed by atoms with van der Waals surface area (Å²) in [5.74, 6) is -0.965. The number of unbranched alkanes of at least 4 members (excludes halogenated alkanes) is 30. The first-order valence-electron chi connectivity index (χ1n) is 30.2. The van der Waals surface area contributed by atoms with E-state index in [4.69, 9.17) is 14.2 Å². The lowest BCUT2D eigenvalue weighted by molar-refractivity contribution is -0.167. The minimum absolute atomic E-state index is 0.102. The molecule has 0 fully saturated rings. The van der Waals surface area contributed by atoms with Gasteiger partial charge in [0.1, 0.15) is 13.2 Å². The number of rotatable bonds is 53. The first-order chi connectivity index (χ1) is 36.0. The Balaban J connectivity index is 4.53. The summed E-state index contributed by atoms with van der Waals surface area (Å²) in [5, 5.41) is 0. The number of ether oxygens (including phenoxy) is 3. The molecule has 1 atom stereocenters. The van der Waals surface area contributed by atoms with E-state index in [0.29, 0.717) is 19.3 Å². The van der Waals surface area contributed by atoms with Crippen molar-refractivity contribution in [2.45, 2.75) is 271 Å². The molecule has 0 spiro atoms. The van der Waals surface area contributed by atoms with Gasteiger partial charge in [0, 0.05) is 19.3 Å². The fraction of sp³-hybridized carbons (Fsp3) is 0.657. The van der Waals surface area contributed by atoms with Crippen LogP contribution in [0.3, 0.4) is 0 Å². The molecule has 0 radical (unpaired) electrons. The Kier molecular flexibility index (Phi) is 56.9. The topological polar surface area (TPSA) is 78.9 Å². The highest BCUT2D eigenvalue weighted by molar-refractivity contribution is 5.71. The van der Waals surface area contributed by atoms with Crippen LogP contribution in [0.4, 0.5) is 0 Å². The molecule has 0 aromatic carbocycles. The van der Waals surface area contributed by atoms with Gasteiger partial charge in [0.2, 0.25) is 0 Å². The highest BCUT2D eigenvalue weighted by Crippen LogP contribution is 2.16. The SMILES string of the molecule is CC\C=C/C=C\C=C/C=C\C=C\C=C/C=C\CCCCCC(=O)OCC(COC(=O)CCCCCCCCCCCCCCCCCCCC)OC(=O)CCCCCCC\C=C/C=C\C=C/CCCCCCC. The van der Waals surface area contributed by atoms with Gasteiger partial charge in [0.15, 0.2) is 6.10 Å². The van der Waals surface area contributed by atoms with Crippen LogP contribution in [0.15, 0.2) is 122 Å². The Morgan fingerprint density at radius 3 is 0.849 bits per heavy atom. The van der Waals surface area contributed by atoms with Gasteiger partial charge >= 0.3 is 17.9 Å². The van der Waals surface area contributed by atoms with Crippen molar-refractivity contribution in [3.8, 4) is 0 Å². The maximum absolute atomic E-state index is 12.9. The maximum atomic E-state index is 12.9. The lowest BCUT2D eigenvalue weighted by atomic mass is 10.0. The number of hydrogen-bond donors (Lipinski definition) is 0. The van der Waals surface area contributed by atoms with Crippen LogP contribution in [0.5, 0.6) is 0 Å². The van der Waals surface area contributed by atoms with Gasteiger partial charge in [-0.15, -0.1) is 0 Å². The summed E-state index contributed by atoms with van der Waals surface area (Å²) in [5.41, 5.74) is 0. The first-order valence-corrected chi connectivity index (χ1v) is 30.2. The summed E-state index contributed by atoms with van der Waals surface area (Å²) in [4.78, 5) is 38.3. The Bertz CT molecular complexity index is 1540. The van der Waals surface area contributed by atoms with Gasteiger partial charge in [0.25, 0.3) is 0 Å². The zero-order valence-corrected chi connectivity index (χ0v) is 47.4. The molecule has 0 bridgehead atoms. The van der Waals surface area contributed by atoms with Crippen LogP contribution in [0.1, 0.15) is 265 Å². The van der Waals surface area contributed by atoms with E-state index in [1.807, 2.05) is 72.9 Å². The van der Waals surface area contributed by atoms with Crippen LogP contribution in [-0.2, 0) is 28.6 Å². The van der Waals surface area contributed by atoms with E-state index in [-0.39, 0.29) is 31.1 Å². The number of carbonyl (C=O) groups is 3. The zero-order valence-electron chi connectivity index (χ0n) is 47.4. The molecular weight excluding hydrogens is 901 g/mol. The molecule has 0 saturated heterocycles. The Morgan fingerprint density at radius 2 is 0.534 bits per heavy atom. The number of esters is 3. The predicted octanol–water partition coefficient (Wildman–Crippen LogP) is 20.4. The largest absolute Gasteiger partial charge is 0.462 e. The van der Waals surface area contributed by atoms with Crippen molar-refractivity contribution < 1.29 is 28.6 Å². The van der Waals surface area contributed by atoms with Crippen molar-refractivity contribution in [3.05, 3.63) is 122 Å². The number of carbonyl (C=O) groups excluding carboxylic acids is 3. The van der Waals surface area contributed by atoms with E-state index in [9.17, 15) is 14.4 Å². The highest BCUT2D eigenvalue weighted by atomic mass is 16.6. The van der Waals surface area contributed by atoms with E-state index in [1.165, 1.54) is 128 Å². The second-order valence-corrected chi connectivity index (χ2v) is 19.8. The van der Waals surface area contributed by atoms with Gasteiger partial charge in [-0.1, -0.05) is 303 Å². The predicted molar refractivity (Wildman–Crippen MR) is 316 cm³/mol. The van der Waals surface area contributed by atoms with Gasteiger partial charge in [0.05, 0.1) is 0 Å². The summed E-state index contributed by atoms with van der Waals surface area (Å²) in [7, 11) is 0. The molecule has 0 rings (SSSR count). The van der Waals surface area contributed by atoms with Gasteiger partial charge in [-0.25, -0.2) is 0 Å². The Hall–Kier alpha value is -4.19. The van der Waals surface area contributed by atoms with Crippen LogP contribution >= 0.6 is 0 Å². The molecule has 0 N–H and O–H groups in total. The van der Waals surface area contributed by atoms with E-state index in [1.54, 1.807) is 0 Å². The summed E-state index contributed by atoms with van der Waals surface area (Å²) in [6.07, 6.45) is 83.3. The molecule has 0 aliphatic rings. The summed E-state index contributed by atoms with van der Waals surface area (Å²) >= 11 is 0. The Labute approximate surface area is 450 Å². The monoisotopic (exact) mass is 1010 g/mol. The fourth-order valence-electron chi connectivity index (χ4n) is 8.19. The van der Waals surface area contributed by atoms with Crippen LogP contribution < -0.4 is 0 Å². The molecule has 0 aliphatic heterocycles. The van der Waals surface area contributed by atoms with Crippen molar-refractivity contribution >= 4 is 17.9 Å². The highest BCUT2D eigenvalue weighted by Gasteiger charge is 2.19. The molecule has 0 aromatic rings. The lowest BCUT2D eigenvalue weighted by Gasteiger charge is -2.18. The normalized spacial score (nSPS) is 13.0. The lowest BCUT2D eigenvalue weighted by Crippen LogP contribution is -2.30. The third kappa shape index (κ3) is 58.6. The van der Waals surface area contributed by atoms with Crippen molar-refractivity contribution in [3.63, 3.8) is 0 Å². The molecule has 6 nitrogen and oxygen atoms in total. The molecule has 6 heteroatoms. The average molecular weight is 1010 g/mol. The number of allylic oxidation sites excluding steroid dienone is 20. The third-order valence-corrected chi connectivity index (χ3v) is 12.7. The standard InChI is InChI=1S/C67H110O6/c1-4-7-10-13-16-19-22-25-28-31-34-37-39-42-45-48-51-54-57-60-66(69)72-63-64(73-67(70)61-58-55-52-49-46-43-40-36-33-30-27-24-21-18-15-12-9-6-3)62-71-65(68)59-56-53-50-47-44-41-38-35-32-29-26-23-20-17-14-11-8-5-2/h7,10,13,16,19,22,24-25,27-28,30-31,33-34,36-37,39-40,42,45,64H,4-6,8-9,11-12,14-15,17-18,20-21,23,26,29,32,35,38,41,43-44,46-63H2,1-3H3/b10-7-,16-13-,22-19-,27-24-,28-25-,33-30-,34-31+,39-37-,40-36-,45-42-. The minimum atomic E-state index is -0.811. The van der Waals surface area contributed by atoms with Gasteiger partial charge < -0.3 is 14.2 Å². The second kappa shape index (κ2) is 60.4. The molecule has 414 valence electrons. The Morgan fingerprint density at radius 1 is 0.288 bits per heavy atom. The smallest absolute Gasteiger partial charge is 0.306 e. The van der Waals surface area contributed by atoms with Crippen molar-refractivity contribution in [2.24, 2.45) is 0 Å². The van der Waals surface area contributed by atoms with Gasteiger partial charge in [-0.05, 0) is 64.2 Å². The summed E-state index contributed by atoms with van der Waals surface area (Å²) in [6.45, 7) is 6.44. The molecule has 1 unspecified atom stereocenters. The van der Waals surface area contributed by atoms with Crippen LogP contribution in [0.2, 0.25) is 0 Å². The average Bonchev–Trinajstić information content (AvgIpc) is 3.39. The van der Waals surface area contributed by atoms with E-state index >= 15 is 0 Å². The van der Waals surface area contributed by atoms with Crippen LogP contribution in [0, 0.1) is 0 Å². The van der Waals surface area contributed by atoms with Crippen molar-refractivity contribution in [1.29, 1.82) is 0 Å². The molecular formula is C67H110O6. The van der Waals surface area contributed by atoms with Crippen LogP contribution in [0.25, 0.3) is 0 Å². The summed E-state index contributed by atoms with van der Waals surface area (Å²) < 4.78 is 16.9. The third-order valence-electron chi connectivity index (χ3n) is 12.7. The quantitative estimate of drug-likeness (QED) is 0.0261. The number of hydrogen-bond acceptors (Lipinski definition) is 6. The second-order valence-electron chi connectivity index (χ2n) is 19.8.